The van der Waals surface area contributed by atoms with Crippen LogP contribution in [0.3, 0.4) is 0 Å². The van der Waals surface area contributed by atoms with E-state index in [1.165, 1.54) is 6.07 Å². The van der Waals surface area contributed by atoms with E-state index in [9.17, 15) is 17.6 Å². The standard InChI is InChI=1S/C17H17FN2O3S/c1-11-10-20(16-6-4-3-5-13(11)16)17(21)14-9-12(18)7-8-15(14)19-24(2,22)23/h3-9,11,19H,10H2,1-2H3/t11-/m1/s1. The molecule has 3 rings (SSSR count). The van der Waals surface area contributed by atoms with Crippen molar-refractivity contribution >= 4 is 27.3 Å². The molecule has 7 heteroatoms. The van der Waals surface area contributed by atoms with Crippen molar-refractivity contribution < 1.29 is 17.6 Å². The van der Waals surface area contributed by atoms with Crippen LogP contribution in [0.25, 0.3) is 0 Å². The predicted octanol–water partition coefficient (Wildman–Crippen LogP) is 2.96. The van der Waals surface area contributed by atoms with Crippen LogP contribution in [0.15, 0.2) is 42.5 Å². The highest BCUT2D eigenvalue weighted by molar-refractivity contribution is 7.92. The lowest BCUT2D eigenvalue weighted by Crippen LogP contribution is -2.30. The Morgan fingerprint density at radius 2 is 1.96 bits per heavy atom. The number of sulfonamides is 1. The number of fused-ring (bicyclic) bond motifs is 1. The van der Waals surface area contributed by atoms with Crippen LogP contribution in [-0.2, 0) is 10.0 Å². The van der Waals surface area contributed by atoms with Crippen LogP contribution in [-0.4, -0.2) is 27.1 Å². The van der Waals surface area contributed by atoms with Gasteiger partial charge in [0.25, 0.3) is 5.91 Å². The van der Waals surface area contributed by atoms with Gasteiger partial charge in [0.15, 0.2) is 0 Å². The molecule has 0 unspecified atom stereocenters. The molecule has 1 N–H and O–H groups in total. The second-order valence-corrected chi connectivity index (χ2v) is 7.69. The van der Waals surface area contributed by atoms with Gasteiger partial charge in [-0.25, -0.2) is 12.8 Å². The van der Waals surface area contributed by atoms with Crippen LogP contribution >= 0.6 is 0 Å². The molecule has 1 atom stereocenters. The van der Waals surface area contributed by atoms with Gasteiger partial charge in [-0.1, -0.05) is 25.1 Å². The van der Waals surface area contributed by atoms with Crippen LogP contribution in [0.2, 0.25) is 0 Å². The fourth-order valence-corrected chi connectivity index (χ4v) is 3.52. The molecule has 0 saturated heterocycles. The molecule has 1 amide bonds. The largest absolute Gasteiger partial charge is 0.307 e. The molecule has 0 saturated carbocycles. The number of hydrogen-bond acceptors (Lipinski definition) is 3. The van der Waals surface area contributed by atoms with E-state index in [1.54, 1.807) is 4.90 Å². The Balaban J connectivity index is 2.04. The molecule has 0 fully saturated rings. The SMILES string of the molecule is C[C@@H]1CN(C(=O)c2cc(F)ccc2NS(C)(=O)=O)c2ccccc21. The third-order valence-corrected chi connectivity index (χ3v) is 4.56. The summed E-state index contributed by atoms with van der Waals surface area (Å²) in [6, 6.07) is 11.0. The van der Waals surface area contributed by atoms with E-state index in [-0.39, 0.29) is 17.2 Å². The van der Waals surface area contributed by atoms with Crippen molar-refractivity contribution in [1.82, 2.24) is 0 Å². The number of amides is 1. The summed E-state index contributed by atoms with van der Waals surface area (Å²) in [5, 5.41) is 0. The number of benzene rings is 2. The molecule has 5 nitrogen and oxygen atoms in total. The lowest BCUT2D eigenvalue weighted by Gasteiger charge is -2.20. The maximum absolute atomic E-state index is 13.7. The normalized spacial score (nSPS) is 16.8. The summed E-state index contributed by atoms with van der Waals surface area (Å²) in [7, 11) is -3.58. The van der Waals surface area contributed by atoms with Gasteiger partial charge in [0.1, 0.15) is 5.82 Å². The second kappa shape index (κ2) is 5.90. The third kappa shape index (κ3) is 3.12. The zero-order valence-electron chi connectivity index (χ0n) is 13.3. The van der Waals surface area contributed by atoms with Crippen LogP contribution < -0.4 is 9.62 Å². The van der Waals surface area contributed by atoms with Crippen molar-refractivity contribution in [3.05, 3.63) is 59.4 Å². The van der Waals surface area contributed by atoms with E-state index >= 15 is 0 Å². The van der Waals surface area contributed by atoms with Crippen LogP contribution in [0, 0.1) is 5.82 Å². The van der Waals surface area contributed by atoms with Gasteiger partial charge in [-0.15, -0.1) is 0 Å². The van der Waals surface area contributed by atoms with Gasteiger partial charge >= 0.3 is 0 Å². The number of hydrogen-bond donors (Lipinski definition) is 1. The predicted molar refractivity (Wildman–Crippen MR) is 91.4 cm³/mol. The average Bonchev–Trinajstić information content (AvgIpc) is 2.85. The molecule has 2 aromatic carbocycles. The summed E-state index contributed by atoms with van der Waals surface area (Å²) in [4.78, 5) is 14.5. The molecule has 1 heterocycles. The average molecular weight is 348 g/mol. The first-order chi connectivity index (χ1) is 11.3. The van der Waals surface area contributed by atoms with Gasteiger partial charge in [-0.05, 0) is 29.8 Å². The zero-order chi connectivity index (χ0) is 17.5. The number of nitrogens with one attached hydrogen (secondary N) is 1. The Morgan fingerprint density at radius 1 is 1.25 bits per heavy atom. The van der Waals surface area contributed by atoms with Crippen molar-refractivity contribution in [3.8, 4) is 0 Å². The van der Waals surface area contributed by atoms with E-state index in [2.05, 4.69) is 4.72 Å². The second-order valence-electron chi connectivity index (χ2n) is 5.94. The topological polar surface area (TPSA) is 66.5 Å². The maximum atomic E-state index is 13.7. The molecule has 126 valence electrons. The third-order valence-electron chi connectivity index (χ3n) is 3.97. The number of carbonyl (C=O) groups excluding carboxylic acids is 1. The molecule has 0 spiro atoms. The van der Waals surface area contributed by atoms with Gasteiger partial charge in [-0.2, -0.15) is 0 Å². The van der Waals surface area contributed by atoms with Gasteiger partial charge in [0, 0.05) is 18.2 Å². The molecule has 0 radical (unpaired) electrons. The van der Waals surface area contributed by atoms with Crippen molar-refractivity contribution in [3.63, 3.8) is 0 Å². The van der Waals surface area contributed by atoms with Gasteiger partial charge in [-0.3, -0.25) is 9.52 Å². The Kier molecular flexibility index (Phi) is 4.04. The van der Waals surface area contributed by atoms with Crippen LogP contribution in [0.1, 0.15) is 28.8 Å². The minimum Gasteiger partial charge on any atom is -0.307 e. The van der Waals surface area contributed by atoms with Crippen molar-refractivity contribution in [1.29, 1.82) is 0 Å². The highest BCUT2D eigenvalue weighted by Crippen LogP contribution is 2.37. The Bertz CT molecular complexity index is 912. The van der Waals surface area contributed by atoms with E-state index in [0.29, 0.717) is 6.54 Å². The van der Waals surface area contributed by atoms with E-state index in [4.69, 9.17) is 0 Å². The maximum Gasteiger partial charge on any atom is 0.260 e. The van der Waals surface area contributed by atoms with Gasteiger partial charge in [0.05, 0.1) is 17.5 Å². The Hall–Kier alpha value is -2.41. The lowest BCUT2D eigenvalue weighted by molar-refractivity contribution is 0.0989. The van der Waals surface area contributed by atoms with Gasteiger partial charge in [0.2, 0.25) is 10.0 Å². The van der Waals surface area contributed by atoms with Crippen LogP contribution in [0.5, 0.6) is 0 Å². The molecule has 0 aliphatic carbocycles. The lowest BCUT2D eigenvalue weighted by atomic mass is 10.0. The van der Waals surface area contributed by atoms with Crippen molar-refractivity contribution in [2.24, 2.45) is 0 Å². The van der Waals surface area contributed by atoms with Gasteiger partial charge < -0.3 is 4.90 Å². The minimum absolute atomic E-state index is 0.00988. The Labute approximate surface area is 140 Å². The summed E-state index contributed by atoms with van der Waals surface area (Å²) in [5.74, 6) is -0.875. The quantitative estimate of drug-likeness (QED) is 0.927. The first-order valence-corrected chi connectivity index (χ1v) is 9.33. The summed E-state index contributed by atoms with van der Waals surface area (Å²) < 4.78 is 38.9. The van der Waals surface area contributed by atoms with E-state index in [0.717, 1.165) is 29.6 Å². The zero-order valence-corrected chi connectivity index (χ0v) is 14.1. The molecular formula is C17H17FN2O3S. The summed E-state index contributed by atoms with van der Waals surface area (Å²) in [5.41, 5.74) is 1.87. The molecule has 2 aromatic rings. The first-order valence-electron chi connectivity index (χ1n) is 7.44. The minimum atomic E-state index is -3.58. The summed E-state index contributed by atoms with van der Waals surface area (Å²) >= 11 is 0. The number of carbonyl (C=O) groups is 1. The van der Waals surface area contributed by atoms with E-state index < -0.39 is 21.7 Å². The smallest absolute Gasteiger partial charge is 0.260 e. The molecule has 0 bridgehead atoms. The fraction of sp³-hybridized carbons (Fsp3) is 0.235. The molecule has 1 aliphatic heterocycles. The Morgan fingerprint density at radius 3 is 2.67 bits per heavy atom. The van der Waals surface area contributed by atoms with Crippen molar-refractivity contribution in [2.75, 3.05) is 22.4 Å². The monoisotopic (exact) mass is 348 g/mol. The van der Waals surface area contributed by atoms with E-state index in [1.807, 2.05) is 31.2 Å². The molecular weight excluding hydrogens is 331 g/mol. The fourth-order valence-electron chi connectivity index (χ4n) is 2.94. The highest BCUT2D eigenvalue weighted by Gasteiger charge is 2.31. The molecule has 24 heavy (non-hydrogen) atoms. The summed E-state index contributed by atoms with van der Waals surface area (Å²) in [6.45, 7) is 2.47. The molecule has 1 aliphatic rings. The summed E-state index contributed by atoms with van der Waals surface area (Å²) in [6.07, 6.45) is 0.984. The molecule has 0 aromatic heterocycles. The van der Waals surface area contributed by atoms with Crippen LogP contribution in [0.4, 0.5) is 15.8 Å². The number of rotatable bonds is 3. The highest BCUT2D eigenvalue weighted by atomic mass is 32.2. The van der Waals surface area contributed by atoms with Crippen molar-refractivity contribution in [2.45, 2.75) is 12.8 Å². The number of halogens is 1. The number of para-hydroxylation sites is 1. The number of anilines is 2. The first kappa shape index (κ1) is 16.4. The number of nitrogens with zero attached hydrogens (tertiary/aromatic N) is 1.